The summed E-state index contributed by atoms with van der Waals surface area (Å²) in [6, 6.07) is 24.9. The summed E-state index contributed by atoms with van der Waals surface area (Å²) in [5.41, 5.74) is 0.537. The Hall–Kier alpha value is -4.17. The third-order valence-electron chi connectivity index (χ3n) is 5.52. The molecule has 4 aromatic rings. The number of benzene rings is 4. The SMILES string of the molecule is O=C(Nc1ccc(Cl)cc1C(F)(F)F)/C(=C/c1ccccc1OC(F)F)c1ccc(-c2ccccc2)cc1. The molecule has 0 saturated heterocycles. The summed E-state index contributed by atoms with van der Waals surface area (Å²) in [4.78, 5) is 13.4. The van der Waals surface area contributed by atoms with Crippen LogP contribution in [0, 0.1) is 0 Å². The Kier molecular flexibility index (Phi) is 8.12. The van der Waals surface area contributed by atoms with Crippen molar-refractivity contribution in [3.05, 3.63) is 119 Å². The molecule has 0 aliphatic rings. The minimum absolute atomic E-state index is 0.0713. The van der Waals surface area contributed by atoms with Crippen LogP contribution in [0.1, 0.15) is 16.7 Å². The smallest absolute Gasteiger partial charge is 0.418 e. The summed E-state index contributed by atoms with van der Waals surface area (Å²) in [5.74, 6) is -1.09. The van der Waals surface area contributed by atoms with Crippen molar-refractivity contribution in [2.24, 2.45) is 0 Å². The number of hydrogen-bond acceptors (Lipinski definition) is 2. The molecule has 0 aromatic heterocycles. The summed E-state index contributed by atoms with van der Waals surface area (Å²) >= 11 is 5.75. The normalized spacial score (nSPS) is 11.9. The van der Waals surface area contributed by atoms with E-state index in [2.05, 4.69) is 10.1 Å². The van der Waals surface area contributed by atoms with Gasteiger partial charge in [0.25, 0.3) is 5.91 Å². The second kappa shape index (κ2) is 11.5. The Morgan fingerprint density at radius 2 is 1.47 bits per heavy atom. The van der Waals surface area contributed by atoms with Crippen molar-refractivity contribution >= 4 is 34.8 Å². The van der Waals surface area contributed by atoms with Gasteiger partial charge in [-0.1, -0.05) is 84.4 Å². The van der Waals surface area contributed by atoms with E-state index in [1.54, 1.807) is 30.3 Å². The highest BCUT2D eigenvalue weighted by Gasteiger charge is 2.34. The van der Waals surface area contributed by atoms with Crippen molar-refractivity contribution in [3.8, 4) is 16.9 Å². The van der Waals surface area contributed by atoms with E-state index >= 15 is 0 Å². The highest BCUT2D eigenvalue weighted by Crippen LogP contribution is 2.37. The second-order valence-electron chi connectivity index (χ2n) is 8.06. The van der Waals surface area contributed by atoms with Gasteiger partial charge in [-0.15, -0.1) is 0 Å². The van der Waals surface area contributed by atoms with Gasteiger partial charge < -0.3 is 10.1 Å². The van der Waals surface area contributed by atoms with E-state index in [1.165, 1.54) is 30.3 Å². The number of carbonyl (C=O) groups is 1. The van der Waals surface area contributed by atoms with Crippen molar-refractivity contribution in [2.45, 2.75) is 12.8 Å². The van der Waals surface area contributed by atoms with Crippen molar-refractivity contribution in [1.82, 2.24) is 0 Å². The Morgan fingerprint density at radius 3 is 2.13 bits per heavy atom. The van der Waals surface area contributed by atoms with Crippen LogP contribution in [0.25, 0.3) is 22.8 Å². The molecular weight excluding hydrogens is 525 g/mol. The predicted molar refractivity (Wildman–Crippen MR) is 138 cm³/mol. The van der Waals surface area contributed by atoms with Crippen molar-refractivity contribution in [1.29, 1.82) is 0 Å². The molecule has 0 atom stereocenters. The molecule has 0 bridgehead atoms. The lowest BCUT2D eigenvalue weighted by Gasteiger charge is -2.16. The molecule has 9 heteroatoms. The van der Waals surface area contributed by atoms with E-state index < -0.39 is 29.9 Å². The average molecular weight is 544 g/mol. The quantitative estimate of drug-likeness (QED) is 0.144. The number of rotatable bonds is 7. The van der Waals surface area contributed by atoms with E-state index in [0.717, 1.165) is 17.2 Å². The fourth-order valence-electron chi connectivity index (χ4n) is 3.76. The van der Waals surface area contributed by atoms with Gasteiger partial charge in [-0.2, -0.15) is 22.0 Å². The molecule has 0 aliphatic heterocycles. The number of alkyl halides is 5. The first-order valence-electron chi connectivity index (χ1n) is 11.2. The first kappa shape index (κ1) is 26.9. The number of halogens is 6. The fourth-order valence-corrected chi connectivity index (χ4v) is 3.93. The summed E-state index contributed by atoms with van der Waals surface area (Å²) in [6.07, 6.45) is -3.50. The van der Waals surface area contributed by atoms with Crippen LogP contribution in [0.3, 0.4) is 0 Å². The molecule has 0 radical (unpaired) electrons. The maximum absolute atomic E-state index is 13.6. The highest BCUT2D eigenvalue weighted by atomic mass is 35.5. The van der Waals surface area contributed by atoms with Crippen LogP contribution < -0.4 is 10.1 Å². The van der Waals surface area contributed by atoms with E-state index in [4.69, 9.17) is 11.6 Å². The lowest BCUT2D eigenvalue weighted by atomic mass is 9.98. The maximum Gasteiger partial charge on any atom is 0.418 e. The zero-order valence-electron chi connectivity index (χ0n) is 19.5. The molecule has 1 amide bonds. The summed E-state index contributed by atoms with van der Waals surface area (Å²) in [6.45, 7) is -3.12. The van der Waals surface area contributed by atoms with Gasteiger partial charge >= 0.3 is 12.8 Å². The van der Waals surface area contributed by atoms with Crippen LogP contribution in [0.4, 0.5) is 27.6 Å². The number of anilines is 1. The minimum Gasteiger partial charge on any atom is -0.434 e. The van der Waals surface area contributed by atoms with Crippen LogP contribution in [-0.4, -0.2) is 12.5 Å². The lowest BCUT2D eigenvalue weighted by molar-refractivity contribution is -0.137. The van der Waals surface area contributed by atoms with Gasteiger partial charge in [-0.25, -0.2) is 0 Å². The average Bonchev–Trinajstić information content (AvgIpc) is 2.89. The molecule has 0 spiro atoms. The standard InChI is InChI=1S/C29H19ClF5NO2/c30-22-14-15-25(24(17-22)29(33,34)35)36-27(37)23(16-21-8-4-5-9-26(21)38-28(31)32)20-12-10-19(11-13-20)18-6-2-1-3-7-18/h1-17,28H,(H,36,37)/b23-16+. The van der Waals surface area contributed by atoms with Gasteiger partial charge in [0, 0.05) is 16.2 Å². The van der Waals surface area contributed by atoms with Crippen molar-refractivity contribution in [3.63, 3.8) is 0 Å². The molecule has 0 saturated carbocycles. The molecular formula is C29H19ClF5NO2. The number of nitrogens with one attached hydrogen (secondary N) is 1. The minimum atomic E-state index is -4.79. The Bertz CT molecular complexity index is 1450. The molecule has 0 heterocycles. The van der Waals surface area contributed by atoms with Gasteiger partial charge in [0.15, 0.2) is 0 Å². The van der Waals surface area contributed by atoms with Gasteiger partial charge in [-0.3, -0.25) is 4.79 Å². The molecule has 4 rings (SSSR count). The van der Waals surface area contributed by atoms with Gasteiger partial charge in [0.2, 0.25) is 0 Å². The number of para-hydroxylation sites is 1. The van der Waals surface area contributed by atoms with Crippen LogP contribution in [0.15, 0.2) is 97.1 Å². The first-order valence-corrected chi connectivity index (χ1v) is 11.6. The fraction of sp³-hybridized carbons (Fsp3) is 0.0690. The Balaban J connectivity index is 1.78. The zero-order valence-corrected chi connectivity index (χ0v) is 20.2. The molecule has 3 nitrogen and oxygen atoms in total. The van der Waals surface area contributed by atoms with Crippen LogP contribution >= 0.6 is 11.6 Å². The van der Waals surface area contributed by atoms with Crippen molar-refractivity contribution < 1.29 is 31.5 Å². The van der Waals surface area contributed by atoms with Crippen LogP contribution in [0.2, 0.25) is 5.02 Å². The van der Waals surface area contributed by atoms with Gasteiger partial charge in [-0.05, 0) is 47.0 Å². The number of amides is 1. The molecule has 0 fully saturated rings. The first-order chi connectivity index (χ1) is 18.1. The van der Waals surface area contributed by atoms with Gasteiger partial charge in [0.05, 0.1) is 11.3 Å². The maximum atomic E-state index is 13.6. The van der Waals surface area contributed by atoms with Crippen LogP contribution in [0.5, 0.6) is 5.75 Å². The topological polar surface area (TPSA) is 38.3 Å². The third-order valence-corrected chi connectivity index (χ3v) is 5.75. The van der Waals surface area contributed by atoms with Gasteiger partial charge in [0.1, 0.15) is 5.75 Å². The summed E-state index contributed by atoms with van der Waals surface area (Å²) < 4.78 is 71.3. The van der Waals surface area contributed by atoms with E-state index in [-0.39, 0.29) is 21.9 Å². The van der Waals surface area contributed by atoms with E-state index in [1.807, 2.05) is 30.3 Å². The third kappa shape index (κ3) is 6.58. The molecule has 0 aliphatic carbocycles. The molecule has 1 N–H and O–H groups in total. The lowest BCUT2D eigenvalue weighted by Crippen LogP contribution is -2.18. The predicted octanol–water partition coefficient (Wildman–Crippen LogP) is 8.81. The number of ether oxygens (including phenoxy) is 1. The van der Waals surface area contributed by atoms with E-state index in [0.29, 0.717) is 11.6 Å². The summed E-state index contributed by atoms with van der Waals surface area (Å²) in [7, 11) is 0. The monoisotopic (exact) mass is 543 g/mol. The zero-order chi connectivity index (χ0) is 27.3. The Morgan fingerprint density at radius 1 is 0.842 bits per heavy atom. The van der Waals surface area contributed by atoms with Crippen LogP contribution in [-0.2, 0) is 11.0 Å². The highest BCUT2D eigenvalue weighted by molar-refractivity contribution is 6.31. The number of hydrogen-bond donors (Lipinski definition) is 1. The number of carbonyl (C=O) groups excluding carboxylic acids is 1. The molecule has 0 unspecified atom stereocenters. The van der Waals surface area contributed by atoms with E-state index in [9.17, 15) is 26.7 Å². The van der Waals surface area contributed by atoms with Crippen molar-refractivity contribution in [2.75, 3.05) is 5.32 Å². The molecule has 194 valence electrons. The summed E-state index contributed by atoms with van der Waals surface area (Å²) in [5, 5.41) is 2.14. The molecule has 38 heavy (non-hydrogen) atoms. The largest absolute Gasteiger partial charge is 0.434 e. The Labute approximate surface area is 220 Å². The molecule has 4 aromatic carbocycles. The second-order valence-corrected chi connectivity index (χ2v) is 8.50.